The van der Waals surface area contributed by atoms with Crippen LogP contribution in [0.15, 0.2) is 0 Å². The molecule has 0 radical (unpaired) electrons. The number of esters is 1. The lowest BCUT2D eigenvalue weighted by Crippen LogP contribution is -2.06. The Morgan fingerprint density at radius 2 is 2.18 bits per heavy atom. The molecule has 0 atom stereocenters. The predicted molar refractivity (Wildman–Crippen MR) is 48.0 cm³/mol. The maximum atomic E-state index is 10.8. The van der Waals surface area contributed by atoms with Crippen LogP contribution in [0.2, 0.25) is 0 Å². The molecule has 0 amide bonds. The van der Waals surface area contributed by atoms with Crippen molar-refractivity contribution in [1.29, 1.82) is 0 Å². The molecule has 64 valence electrons. The lowest BCUT2D eigenvalue weighted by Gasteiger charge is -1.96. The van der Waals surface area contributed by atoms with Crippen LogP contribution in [-0.4, -0.2) is 29.7 Å². The van der Waals surface area contributed by atoms with E-state index in [0.717, 1.165) is 11.8 Å². The third kappa shape index (κ3) is 6.25. The Bertz CT molecular complexity index is 147. The zero-order chi connectivity index (χ0) is 8.69. The third-order valence-corrected chi connectivity index (χ3v) is 2.02. The van der Waals surface area contributed by atoms with E-state index < -0.39 is 0 Å². The van der Waals surface area contributed by atoms with Crippen molar-refractivity contribution < 1.29 is 14.3 Å². The average molecular weight is 194 g/mol. The van der Waals surface area contributed by atoms with Gasteiger partial charge in [-0.2, -0.15) is 12.6 Å². The van der Waals surface area contributed by atoms with Crippen molar-refractivity contribution in [1.82, 2.24) is 0 Å². The Balaban J connectivity index is 3.38. The van der Waals surface area contributed by atoms with E-state index >= 15 is 0 Å². The summed E-state index contributed by atoms with van der Waals surface area (Å²) in [5, 5.41) is -0.0228. The van der Waals surface area contributed by atoms with Crippen LogP contribution in [0.5, 0.6) is 0 Å². The monoisotopic (exact) mass is 194 g/mol. The second kappa shape index (κ2) is 6.54. The minimum atomic E-state index is -0.373. The summed E-state index contributed by atoms with van der Waals surface area (Å²) in [4.78, 5) is 21.3. The van der Waals surface area contributed by atoms with Crippen molar-refractivity contribution in [3.63, 3.8) is 0 Å². The van der Waals surface area contributed by atoms with E-state index in [1.54, 1.807) is 0 Å². The van der Waals surface area contributed by atoms with Crippen LogP contribution >= 0.6 is 24.4 Å². The maximum Gasteiger partial charge on any atom is 0.316 e. The lowest BCUT2D eigenvalue weighted by atomic mass is 10.5. The highest BCUT2D eigenvalue weighted by Gasteiger charge is 2.05. The first-order valence-electron chi connectivity index (χ1n) is 3.04. The largest absolute Gasteiger partial charge is 0.468 e. The molecule has 0 fully saturated rings. The van der Waals surface area contributed by atoms with Crippen LogP contribution in [0.4, 0.5) is 0 Å². The van der Waals surface area contributed by atoms with Crippen molar-refractivity contribution in [2.24, 2.45) is 0 Å². The molecular formula is C6H10O3S2. The van der Waals surface area contributed by atoms with E-state index in [1.165, 1.54) is 7.11 Å². The minimum Gasteiger partial charge on any atom is -0.468 e. The van der Waals surface area contributed by atoms with Crippen LogP contribution in [0, 0.1) is 0 Å². The predicted octanol–water partition coefficient (Wildman–Crippen LogP) is 0.739. The van der Waals surface area contributed by atoms with E-state index in [-0.39, 0.29) is 16.8 Å². The van der Waals surface area contributed by atoms with Gasteiger partial charge in [0.2, 0.25) is 0 Å². The number of thiol groups is 1. The van der Waals surface area contributed by atoms with Gasteiger partial charge in [0.25, 0.3) is 0 Å². The SMILES string of the molecule is COC(=O)CSC(=O)CCS. The van der Waals surface area contributed by atoms with Crippen molar-refractivity contribution in [3.05, 3.63) is 0 Å². The molecule has 0 saturated carbocycles. The first-order valence-corrected chi connectivity index (χ1v) is 4.65. The molecular weight excluding hydrogens is 184 g/mol. The number of hydrogen-bond acceptors (Lipinski definition) is 5. The number of ether oxygens (including phenoxy) is 1. The quantitative estimate of drug-likeness (QED) is 0.529. The Morgan fingerprint density at radius 1 is 1.55 bits per heavy atom. The molecule has 0 aliphatic heterocycles. The van der Waals surface area contributed by atoms with Gasteiger partial charge < -0.3 is 4.74 Å². The summed E-state index contributed by atoms with van der Waals surface area (Å²) in [6, 6.07) is 0. The molecule has 0 aromatic rings. The van der Waals surface area contributed by atoms with Crippen molar-refractivity contribution in [2.75, 3.05) is 18.6 Å². The van der Waals surface area contributed by atoms with Gasteiger partial charge in [-0.1, -0.05) is 11.8 Å². The Morgan fingerprint density at radius 3 is 2.64 bits per heavy atom. The number of thioether (sulfide) groups is 1. The highest BCUT2D eigenvalue weighted by Crippen LogP contribution is 2.05. The number of carbonyl (C=O) groups is 2. The Kier molecular flexibility index (Phi) is 6.45. The standard InChI is InChI=1S/C6H10O3S2/c1-9-5(7)4-11-6(8)2-3-10/h10H,2-4H2,1H3. The molecule has 0 unspecified atom stereocenters. The minimum absolute atomic E-state index is 0.0228. The first-order chi connectivity index (χ1) is 5.20. The molecule has 0 N–H and O–H groups in total. The van der Waals surface area contributed by atoms with Gasteiger partial charge in [0, 0.05) is 6.42 Å². The van der Waals surface area contributed by atoms with Gasteiger partial charge in [-0.25, -0.2) is 0 Å². The number of hydrogen-bond donors (Lipinski definition) is 1. The Hall–Kier alpha value is -0.160. The van der Waals surface area contributed by atoms with E-state index in [0.29, 0.717) is 12.2 Å². The summed E-state index contributed by atoms with van der Waals surface area (Å²) in [5.74, 6) is 0.248. The summed E-state index contributed by atoms with van der Waals surface area (Å²) in [6.07, 6.45) is 0.394. The molecule has 3 nitrogen and oxygen atoms in total. The molecule has 0 spiro atoms. The average Bonchev–Trinajstić information content (AvgIpc) is 2.01. The van der Waals surface area contributed by atoms with Crippen molar-refractivity contribution in [3.8, 4) is 0 Å². The van der Waals surface area contributed by atoms with Gasteiger partial charge >= 0.3 is 5.97 Å². The zero-order valence-corrected chi connectivity index (χ0v) is 7.91. The van der Waals surface area contributed by atoms with Crippen LogP contribution in [-0.2, 0) is 14.3 Å². The smallest absolute Gasteiger partial charge is 0.316 e. The van der Waals surface area contributed by atoms with Gasteiger partial charge in [-0.3, -0.25) is 9.59 Å². The fourth-order valence-corrected chi connectivity index (χ4v) is 1.36. The molecule has 0 rings (SSSR count). The second-order valence-corrected chi connectivity index (χ2v) is 3.19. The lowest BCUT2D eigenvalue weighted by molar-refractivity contribution is -0.137. The molecule has 0 saturated heterocycles. The summed E-state index contributed by atoms with van der Waals surface area (Å²) in [6.45, 7) is 0. The van der Waals surface area contributed by atoms with E-state index in [2.05, 4.69) is 17.4 Å². The topological polar surface area (TPSA) is 43.4 Å². The van der Waals surface area contributed by atoms with Crippen LogP contribution in [0.3, 0.4) is 0 Å². The van der Waals surface area contributed by atoms with Crippen LogP contribution in [0.1, 0.15) is 6.42 Å². The van der Waals surface area contributed by atoms with Gasteiger partial charge in [0.15, 0.2) is 5.12 Å². The molecule has 11 heavy (non-hydrogen) atoms. The van der Waals surface area contributed by atoms with Crippen LogP contribution in [0.25, 0.3) is 0 Å². The Labute approximate surface area is 75.3 Å². The van der Waals surface area contributed by atoms with Crippen LogP contribution < -0.4 is 0 Å². The molecule has 0 aliphatic rings. The van der Waals surface area contributed by atoms with E-state index in [1.807, 2.05) is 0 Å². The fourth-order valence-electron chi connectivity index (χ4n) is 0.362. The number of carbonyl (C=O) groups excluding carboxylic acids is 2. The fraction of sp³-hybridized carbons (Fsp3) is 0.667. The zero-order valence-electron chi connectivity index (χ0n) is 6.20. The number of methoxy groups -OCH3 is 1. The van der Waals surface area contributed by atoms with E-state index in [4.69, 9.17) is 0 Å². The van der Waals surface area contributed by atoms with Gasteiger partial charge in [0.05, 0.1) is 12.9 Å². The molecule has 5 heteroatoms. The number of rotatable bonds is 4. The molecule has 0 aliphatic carbocycles. The summed E-state index contributed by atoms with van der Waals surface area (Å²) in [7, 11) is 1.30. The first kappa shape index (κ1) is 10.8. The molecule has 0 heterocycles. The molecule has 0 bridgehead atoms. The summed E-state index contributed by atoms with van der Waals surface area (Å²) in [5.41, 5.74) is 0. The second-order valence-electron chi connectivity index (χ2n) is 1.71. The van der Waals surface area contributed by atoms with Gasteiger partial charge in [-0.05, 0) is 5.75 Å². The molecule has 0 aromatic heterocycles. The maximum absolute atomic E-state index is 10.8. The van der Waals surface area contributed by atoms with E-state index in [9.17, 15) is 9.59 Å². The van der Waals surface area contributed by atoms with Gasteiger partial charge in [-0.15, -0.1) is 0 Å². The van der Waals surface area contributed by atoms with Crippen molar-refractivity contribution >= 4 is 35.5 Å². The van der Waals surface area contributed by atoms with Crippen molar-refractivity contribution in [2.45, 2.75) is 6.42 Å². The third-order valence-electron chi connectivity index (χ3n) is 0.895. The van der Waals surface area contributed by atoms with Gasteiger partial charge in [0.1, 0.15) is 0 Å². The summed E-state index contributed by atoms with van der Waals surface area (Å²) < 4.78 is 4.35. The highest BCUT2D eigenvalue weighted by atomic mass is 32.2. The summed E-state index contributed by atoms with van der Waals surface area (Å²) >= 11 is 4.85. The normalized spacial score (nSPS) is 9.27. The highest BCUT2D eigenvalue weighted by molar-refractivity contribution is 8.14. The molecule has 0 aromatic carbocycles.